The van der Waals surface area contributed by atoms with Gasteiger partial charge in [0, 0.05) is 23.9 Å². The van der Waals surface area contributed by atoms with Crippen LogP contribution in [0.1, 0.15) is 37.7 Å². The minimum absolute atomic E-state index is 0.303. The van der Waals surface area contributed by atoms with Crippen molar-refractivity contribution in [3.63, 3.8) is 0 Å². The number of sulfonamides is 1. The molecule has 1 heterocycles. The van der Waals surface area contributed by atoms with E-state index in [0.29, 0.717) is 28.6 Å². The molecule has 3 amide bonds. The molecule has 1 aliphatic rings. The van der Waals surface area contributed by atoms with Crippen molar-refractivity contribution >= 4 is 43.6 Å². The van der Waals surface area contributed by atoms with Crippen LogP contribution < -0.4 is 4.90 Å². The molecule has 0 spiro atoms. The van der Waals surface area contributed by atoms with Crippen molar-refractivity contribution in [2.75, 3.05) is 36.2 Å². The first kappa shape index (κ1) is 23.4. The van der Waals surface area contributed by atoms with Crippen molar-refractivity contribution in [2.24, 2.45) is 0 Å². The van der Waals surface area contributed by atoms with E-state index in [2.05, 4.69) is 27.8 Å². The number of hydrogen-bond donors (Lipinski definition) is 0. The average molecular weight is 485 g/mol. The number of carbonyl (C=O) groups is 2. The second-order valence-corrected chi connectivity index (χ2v) is 9.30. The van der Waals surface area contributed by atoms with Gasteiger partial charge in [-0.1, -0.05) is 46.7 Å². The lowest BCUT2D eigenvalue weighted by atomic mass is 10.2. The number of ether oxygens (including phenoxy) is 1. The van der Waals surface area contributed by atoms with Gasteiger partial charge in [0.1, 0.15) is 6.54 Å². The molecule has 0 atom stereocenters. The molecule has 0 radical (unpaired) electrons. The van der Waals surface area contributed by atoms with Crippen LogP contribution in [0.3, 0.4) is 0 Å². The van der Waals surface area contributed by atoms with Crippen molar-refractivity contribution in [3.8, 4) is 11.8 Å². The predicted octanol–water partition coefficient (Wildman–Crippen LogP) is 3.13. The Bertz CT molecular complexity index is 892. The normalized spacial score (nSPS) is 14.3. The molecule has 1 aliphatic heterocycles. The van der Waals surface area contributed by atoms with E-state index in [1.807, 2.05) is 0 Å². The number of anilines is 1. The lowest BCUT2D eigenvalue weighted by Gasteiger charge is -2.15. The van der Waals surface area contributed by atoms with Gasteiger partial charge in [-0.3, -0.25) is 4.79 Å². The summed E-state index contributed by atoms with van der Waals surface area (Å²) in [7, 11) is -3.79. The number of alkyl halides is 1. The van der Waals surface area contributed by atoms with Crippen LogP contribution in [-0.2, 0) is 19.6 Å². The second-order valence-electron chi connectivity index (χ2n) is 6.60. The highest BCUT2D eigenvalue weighted by molar-refractivity contribution is 9.09. The molecule has 7 nitrogen and oxygen atoms in total. The van der Waals surface area contributed by atoms with E-state index in [0.717, 1.165) is 35.9 Å². The van der Waals surface area contributed by atoms with Gasteiger partial charge in [0.2, 0.25) is 10.0 Å². The van der Waals surface area contributed by atoms with Gasteiger partial charge in [0.05, 0.1) is 18.6 Å². The monoisotopic (exact) mass is 484 g/mol. The molecule has 1 aromatic rings. The van der Waals surface area contributed by atoms with Crippen LogP contribution in [0.4, 0.5) is 10.5 Å². The molecule has 1 saturated heterocycles. The van der Waals surface area contributed by atoms with Crippen molar-refractivity contribution in [1.82, 2.24) is 4.31 Å². The van der Waals surface area contributed by atoms with E-state index >= 15 is 0 Å². The number of carbonyl (C=O) groups excluding carboxylic acids is 2. The molecular weight excluding hydrogens is 460 g/mol. The molecule has 0 aromatic heterocycles. The number of urea groups is 1. The Morgan fingerprint density at radius 2 is 1.90 bits per heavy atom. The highest BCUT2D eigenvalue weighted by atomic mass is 79.9. The molecule has 0 N–H and O–H groups in total. The van der Waals surface area contributed by atoms with E-state index in [-0.39, 0.29) is 0 Å². The Morgan fingerprint density at radius 1 is 1.14 bits per heavy atom. The van der Waals surface area contributed by atoms with Crippen LogP contribution in [-0.4, -0.2) is 56.0 Å². The highest BCUT2D eigenvalue weighted by Gasteiger charge is 2.41. The number of imide groups is 1. The fraction of sp³-hybridized carbons (Fsp3) is 0.500. The fourth-order valence-electron chi connectivity index (χ4n) is 2.76. The predicted molar refractivity (Wildman–Crippen MR) is 115 cm³/mol. The van der Waals surface area contributed by atoms with Gasteiger partial charge >= 0.3 is 6.03 Å². The summed E-state index contributed by atoms with van der Waals surface area (Å²) in [5.41, 5.74) is 0.938. The van der Waals surface area contributed by atoms with Crippen molar-refractivity contribution < 1.29 is 22.7 Å². The topological polar surface area (TPSA) is 84.0 Å². The van der Waals surface area contributed by atoms with Gasteiger partial charge in [-0.15, -0.1) is 0 Å². The minimum Gasteiger partial charge on any atom is -0.380 e. The molecule has 0 aliphatic carbocycles. The Morgan fingerprint density at radius 3 is 2.59 bits per heavy atom. The van der Waals surface area contributed by atoms with Crippen LogP contribution in [0.25, 0.3) is 0 Å². The second kappa shape index (κ2) is 11.3. The molecule has 0 bridgehead atoms. The van der Waals surface area contributed by atoms with Gasteiger partial charge in [-0.2, -0.15) is 0 Å². The summed E-state index contributed by atoms with van der Waals surface area (Å²) < 4.78 is 29.4. The number of benzene rings is 1. The van der Waals surface area contributed by atoms with Crippen LogP contribution in [0.15, 0.2) is 24.3 Å². The van der Waals surface area contributed by atoms with Crippen LogP contribution in [0.2, 0.25) is 0 Å². The first-order valence-electron chi connectivity index (χ1n) is 9.42. The molecule has 29 heavy (non-hydrogen) atoms. The third kappa shape index (κ3) is 7.14. The number of unbranched alkanes of at least 4 members (excludes halogenated alkanes) is 3. The zero-order valence-electron chi connectivity index (χ0n) is 16.4. The summed E-state index contributed by atoms with van der Waals surface area (Å²) in [4.78, 5) is 25.3. The van der Waals surface area contributed by atoms with Crippen molar-refractivity contribution in [1.29, 1.82) is 0 Å². The number of hydrogen-bond acceptors (Lipinski definition) is 5. The third-order valence-corrected chi connectivity index (χ3v) is 5.86. The summed E-state index contributed by atoms with van der Waals surface area (Å²) in [6, 6.07) is 5.74. The summed E-state index contributed by atoms with van der Waals surface area (Å²) in [6.45, 7) is 0.800. The molecule has 1 aromatic carbocycles. The standard InChI is InChI=1S/C20H25BrN2O5S/c1-29(26,27)22-16-19(24)23(20(22)25)18-11-8-10-17(15-18)9-4-7-14-28-13-6-3-2-5-12-21/h8,10-11,15H,2-3,5-7,12-14,16H2,1H3. The molecule has 158 valence electrons. The SMILES string of the molecule is CS(=O)(=O)N1CC(=O)N(c2cccc(C#CCCOCCCCCCBr)c2)C1=O. The maximum Gasteiger partial charge on any atom is 0.345 e. The zero-order valence-corrected chi connectivity index (χ0v) is 18.8. The van der Waals surface area contributed by atoms with Gasteiger partial charge in [0.15, 0.2) is 0 Å². The van der Waals surface area contributed by atoms with E-state index in [4.69, 9.17) is 4.74 Å². The summed E-state index contributed by atoms with van der Waals surface area (Å²) in [6.07, 6.45) is 6.07. The molecule has 2 rings (SSSR count). The van der Waals surface area contributed by atoms with Crippen LogP contribution in [0.5, 0.6) is 0 Å². The quantitative estimate of drug-likeness (QED) is 0.220. The number of amides is 3. The summed E-state index contributed by atoms with van der Waals surface area (Å²) in [5, 5.41) is 1.04. The minimum atomic E-state index is -3.79. The lowest BCUT2D eigenvalue weighted by molar-refractivity contribution is -0.116. The maximum absolute atomic E-state index is 12.3. The number of rotatable bonds is 10. The maximum atomic E-state index is 12.3. The van der Waals surface area contributed by atoms with E-state index in [1.54, 1.807) is 24.3 Å². The number of halogens is 1. The first-order valence-corrected chi connectivity index (χ1v) is 12.4. The first-order chi connectivity index (χ1) is 13.8. The Balaban J connectivity index is 1.87. The highest BCUT2D eigenvalue weighted by Crippen LogP contribution is 2.23. The van der Waals surface area contributed by atoms with E-state index in [9.17, 15) is 18.0 Å². The Hall–Kier alpha value is -1.89. The summed E-state index contributed by atoms with van der Waals surface area (Å²) in [5.74, 6) is 5.40. The van der Waals surface area contributed by atoms with Gasteiger partial charge in [-0.05, 0) is 31.0 Å². The summed E-state index contributed by atoms with van der Waals surface area (Å²) >= 11 is 3.41. The van der Waals surface area contributed by atoms with Crippen molar-refractivity contribution in [3.05, 3.63) is 29.8 Å². The fourth-order valence-corrected chi connectivity index (χ4v) is 3.86. The van der Waals surface area contributed by atoms with Crippen molar-refractivity contribution in [2.45, 2.75) is 32.1 Å². The third-order valence-electron chi connectivity index (χ3n) is 4.21. The van der Waals surface area contributed by atoms with Gasteiger partial charge < -0.3 is 4.74 Å². The molecule has 0 saturated carbocycles. The lowest BCUT2D eigenvalue weighted by Crippen LogP contribution is -2.36. The van der Waals surface area contributed by atoms with E-state index < -0.39 is 28.5 Å². The van der Waals surface area contributed by atoms with Gasteiger partial charge in [-0.25, -0.2) is 22.4 Å². The van der Waals surface area contributed by atoms with Gasteiger partial charge in [0.25, 0.3) is 5.91 Å². The Kier molecular flexibility index (Phi) is 9.14. The largest absolute Gasteiger partial charge is 0.380 e. The zero-order chi connectivity index (χ0) is 21.3. The molecule has 1 fully saturated rings. The molecular formula is C20H25BrN2O5S. The smallest absolute Gasteiger partial charge is 0.345 e. The molecule has 9 heteroatoms. The van der Waals surface area contributed by atoms with Crippen LogP contribution in [0, 0.1) is 11.8 Å². The Labute approximate surface area is 180 Å². The number of nitrogens with zero attached hydrogens (tertiary/aromatic N) is 2. The van der Waals surface area contributed by atoms with E-state index in [1.165, 1.54) is 12.8 Å². The molecule has 0 unspecified atom stereocenters. The van der Waals surface area contributed by atoms with Crippen LogP contribution >= 0.6 is 15.9 Å². The average Bonchev–Trinajstić information content (AvgIpc) is 2.98.